The van der Waals surface area contributed by atoms with Gasteiger partial charge in [-0.3, -0.25) is 0 Å². The Morgan fingerprint density at radius 1 is 0.893 bits per heavy atom. The van der Waals surface area contributed by atoms with Crippen molar-refractivity contribution < 1.29 is 9.47 Å². The van der Waals surface area contributed by atoms with E-state index < -0.39 is 0 Å². The lowest BCUT2D eigenvalue weighted by Gasteiger charge is -2.14. The van der Waals surface area contributed by atoms with Gasteiger partial charge in [-0.2, -0.15) is 0 Å². The monoisotopic (exact) mass is 372 g/mol. The highest BCUT2D eigenvalue weighted by Gasteiger charge is 2.14. The minimum Gasteiger partial charge on any atom is -0.493 e. The molecule has 1 aromatic heterocycles. The molecule has 0 saturated carbocycles. The van der Waals surface area contributed by atoms with Crippen molar-refractivity contribution in [3.05, 3.63) is 77.9 Å². The van der Waals surface area contributed by atoms with Crippen LogP contribution in [0.2, 0.25) is 0 Å². The molecule has 0 fully saturated rings. The van der Waals surface area contributed by atoms with Gasteiger partial charge in [-0.1, -0.05) is 48.0 Å². The lowest BCUT2D eigenvalue weighted by atomic mass is 10.1. The quantitative estimate of drug-likeness (QED) is 0.454. The number of para-hydroxylation sites is 4. The fourth-order valence-corrected chi connectivity index (χ4v) is 3.56. The van der Waals surface area contributed by atoms with Gasteiger partial charge in [-0.15, -0.1) is 0 Å². The van der Waals surface area contributed by atoms with E-state index >= 15 is 0 Å². The maximum atomic E-state index is 6.02. The molecule has 4 rings (SSSR count). The summed E-state index contributed by atoms with van der Waals surface area (Å²) < 4.78 is 13.6. The van der Waals surface area contributed by atoms with Crippen LogP contribution >= 0.6 is 0 Å². The van der Waals surface area contributed by atoms with Crippen LogP contribution in [0.15, 0.2) is 66.7 Å². The number of imidazole rings is 1. The van der Waals surface area contributed by atoms with E-state index in [9.17, 15) is 0 Å². The van der Waals surface area contributed by atoms with E-state index in [0.29, 0.717) is 13.2 Å². The van der Waals surface area contributed by atoms with E-state index in [2.05, 4.69) is 48.7 Å². The van der Waals surface area contributed by atoms with Crippen molar-refractivity contribution in [2.75, 3.05) is 13.7 Å². The molecule has 0 saturated heterocycles. The average molecular weight is 372 g/mol. The molecule has 0 aliphatic rings. The predicted molar refractivity (Wildman–Crippen MR) is 113 cm³/mol. The van der Waals surface area contributed by atoms with Crippen LogP contribution in [0, 0.1) is 13.8 Å². The molecule has 1 heterocycles. The maximum absolute atomic E-state index is 6.02. The van der Waals surface area contributed by atoms with Crippen molar-refractivity contribution in [1.82, 2.24) is 9.55 Å². The molecule has 0 aliphatic carbocycles. The van der Waals surface area contributed by atoms with E-state index in [1.165, 1.54) is 11.1 Å². The fraction of sp³-hybridized carbons (Fsp3) is 0.208. The van der Waals surface area contributed by atoms with Crippen molar-refractivity contribution in [3.8, 4) is 22.9 Å². The Morgan fingerprint density at radius 2 is 1.64 bits per heavy atom. The molecule has 0 radical (unpaired) electrons. The number of hydrogen-bond donors (Lipinski definition) is 0. The highest BCUT2D eigenvalue weighted by atomic mass is 16.5. The van der Waals surface area contributed by atoms with Crippen LogP contribution in [0.3, 0.4) is 0 Å². The van der Waals surface area contributed by atoms with Crippen LogP contribution in [-0.2, 0) is 6.54 Å². The molecule has 0 spiro atoms. The predicted octanol–water partition coefficient (Wildman–Crippen LogP) is 5.41. The topological polar surface area (TPSA) is 36.3 Å². The van der Waals surface area contributed by atoms with Crippen LogP contribution in [0.25, 0.3) is 22.4 Å². The van der Waals surface area contributed by atoms with Gasteiger partial charge in [-0.25, -0.2) is 4.98 Å². The fourth-order valence-electron chi connectivity index (χ4n) is 3.56. The molecule has 142 valence electrons. The van der Waals surface area contributed by atoms with Crippen molar-refractivity contribution in [3.63, 3.8) is 0 Å². The Labute approximate surface area is 165 Å². The second-order valence-corrected chi connectivity index (χ2v) is 6.89. The molecule has 0 N–H and O–H groups in total. The molecule has 0 unspecified atom stereocenters. The highest BCUT2D eigenvalue weighted by molar-refractivity contribution is 5.81. The Bertz CT molecular complexity index is 1110. The number of aryl methyl sites for hydroxylation is 2. The van der Waals surface area contributed by atoms with Crippen LogP contribution in [-0.4, -0.2) is 23.3 Å². The molecule has 28 heavy (non-hydrogen) atoms. The smallest absolute Gasteiger partial charge is 0.161 e. The minimum absolute atomic E-state index is 0.526. The second kappa shape index (κ2) is 7.77. The highest BCUT2D eigenvalue weighted by Crippen LogP contribution is 2.29. The molecule has 0 atom stereocenters. The molecule has 3 aromatic carbocycles. The molecule has 0 amide bonds. The standard InChI is InChI=1S/C24H24N2O2/c1-17-12-13-19(18(2)16-17)24-25-20-8-4-5-9-21(20)26(24)14-15-28-23-11-7-6-10-22(23)27-3/h4-13,16H,14-15H2,1-3H3. The summed E-state index contributed by atoms with van der Waals surface area (Å²) in [5.74, 6) is 2.47. The van der Waals surface area contributed by atoms with Gasteiger partial charge < -0.3 is 14.0 Å². The van der Waals surface area contributed by atoms with Crippen molar-refractivity contribution in [2.45, 2.75) is 20.4 Å². The van der Waals surface area contributed by atoms with Gasteiger partial charge in [0.05, 0.1) is 24.7 Å². The summed E-state index contributed by atoms with van der Waals surface area (Å²) in [4.78, 5) is 4.92. The first kappa shape index (κ1) is 18.1. The normalized spacial score (nSPS) is 11.0. The number of methoxy groups -OCH3 is 1. The van der Waals surface area contributed by atoms with Gasteiger partial charge >= 0.3 is 0 Å². The summed E-state index contributed by atoms with van der Waals surface area (Å²) in [5, 5.41) is 0. The number of ether oxygens (including phenoxy) is 2. The number of benzene rings is 3. The number of aromatic nitrogens is 2. The summed E-state index contributed by atoms with van der Waals surface area (Å²) in [7, 11) is 1.66. The number of fused-ring (bicyclic) bond motifs is 1. The number of nitrogens with zero attached hydrogens (tertiary/aromatic N) is 2. The van der Waals surface area contributed by atoms with E-state index in [1.807, 2.05) is 36.4 Å². The zero-order valence-electron chi connectivity index (χ0n) is 16.5. The van der Waals surface area contributed by atoms with Crippen LogP contribution in [0.1, 0.15) is 11.1 Å². The summed E-state index contributed by atoms with van der Waals surface area (Å²) in [6.45, 7) is 5.47. The Morgan fingerprint density at radius 3 is 2.43 bits per heavy atom. The molecule has 0 aliphatic heterocycles. The number of hydrogen-bond acceptors (Lipinski definition) is 3. The Kier molecular flexibility index (Phi) is 5.02. The molecule has 4 heteroatoms. The summed E-state index contributed by atoms with van der Waals surface area (Å²) >= 11 is 0. The molecule has 4 aromatic rings. The lowest BCUT2D eigenvalue weighted by Crippen LogP contribution is -2.10. The molecular formula is C24H24N2O2. The van der Waals surface area contributed by atoms with E-state index in [0.717, 1.165) is 33.9 Å². The van der Waals surface area contributed by atoms with E-state index in [-0.39, 0.29) is 0 Å². The van der Waals surface area contributed by atoms with Gasteiger partial charge in [0.25, 0.3) is 0 Å². The zero-order valence-corrected chi connectivity index (χ0v) is 16.5. The summed E-state index contributed by atoms with van der Waals surface area (Å²) in [6, 6.07) is 22.4. The van der Waals surface area contributed by atoms with Gasteiger partial charge in [0.15, 0.2) is 11.5 Å². The molecular weight excluding hydrogens is 348 g/mol. The lowest BCUT2D eigenvalue weighted by molar-refractivity contribution is 0.281. The number of rotatable bonds is 6. The van der Waals surface area contributed by atoms with Gasteiger partial charge in [-0.05, 0) is 43.7 Å². The largest absolute Gasteiger partial charge is 0.493 e. The van der Waals surface area contributed by atoms with Crippen molar-refractivity contribution in [2.24, 2.45) is 0 Å². The average Bonchev–Trinajstić information content (AvgIpc) is 3.07. The first-order valence-electron chi connectivity index (χ1n) is 9.46. The van der Waals surface area contributed by atoms with Gasteiger partial charge in [0.2, 0.25) is 0 Å². The van der Waals surface area contributed by atoms with Crippen LogP contribution in [0.5, 0.6) is 11.5 Å². The third-order valence-corrected chi connectivity index (χ3v) is 4.92. The Balaban J connectivity index is 1.67. The first-order valence-corrected chi connectivity index (χ1v) is 9.46. The van der Waals surface area contributed by atoms with E-state index in [4.69, 9.17) is 14.5 Å². The third kappa shape index (κ3) is 3.46. The SMILES string of the molecule is COc1ccccc1OCCn1c(-c2ccc(C)cc2C)nc2ccccc21. The summed E-state index contributed by atoms with van der Waals surface area (Å²) in [6.07, 6.45) is 0. The zero-order chi connectivity index (χ0) is 19.5. The van der Waals surface area contributed by atoms with E-state index in [1.54, 1.807) is 7.11 Å². The maximum Gasteiger partial charge on any atom is 0.161 e. The summed E-state index contributed by atoms with van der Waals surface area (Å²) in [5.41, 5.74) is 5.74. The first-order chi connectivity index (χ1) is 13.7. The minimum atomic E-state index is 0.526. The molecule has 0 bridgehead atoms. The Hall–Kier alpha value is -3.27. The van der Waals surface area contributed by atoms with Gasteiger partial charge in [0, 0.05) is 5.56 Å². The van der Waals surface area contributed by atoms with Crippen LogP contribution in [0.4, 0.5) is 0 Å². The van der Waals surface area contributed by atoms with Crippen molar-refractivity contribution >= 4 is 11.0 Å². The second-order valence-electron chi connectivity index (χ2n) is 6.89. The molecule has 4 nitrogen and oxygen atoms in total. The van der Waals surface area contributed by atoms with Crippen LogP contribution < -0.4 is 9.47 Å². The van der Waals surface area contributed by atoms with Crippen molar-refractivity contribution in [1.29, 1.82) is 0 Å². The third-order valence-electron chi connectivity index (χ3n) is 4.92. The van der Waals surface area contributed by atoms with Gasteiger partial charge in [0.1, 0.15) is 12.4 Å².